The maximum atomic E-state index is 13.3. The van der Waals surface area contributed by atoms with Crippen molar-refractivity contribution in [3.63, 3.8) is 0 Å². The highest BCUT2D eigenvalue weighted by molar-refractivity contribution is 6.29. The zero-order valence-corrected chi connectivity index (χ0v) is 16.4. The van der Waals surface area contributed by atoms with E-state index in [1.807, 2.05) is 0 Å². The predicted octanol–water partition coefficient (Wildman–Crippen LogP) is 1.98. The number of nitrogens with zero attached hydrogens (tertiary/aromatic N) is 4. The first kappa shape index (κ1) is 20.8. The Hall–Kier alpha value is -2.91. The Kier molecular flexibility index (Phi) is 6.50. The highest BCUT2D eigenvalue weighted by atomic mass is 35.5. The van der Waals surface area contributed by atoms with Crippen LogP contribution in [0.2, 0.25) is 5.15 Å². The van der Waals surface area contributed by atoms with E-state index in [0.29, 0.717) is 17.0 Å². The smallest absolute Gasteiger partial charge is 0.269 e. The Labute approximate surface area is 171 Å². The summed E-state index contributed by atoms with van der Waals surface area (Å²) in [6.45, 7) is 2.95. The van der Waals surface area contributed by atoms with E-state index >= 15 is 0 Å². The number of alkyl halides is 1. The van der Waals surface area contributed by atoms with Gasteiger partial charge in [0.15, 0.2) is 0 Å². The lowest BCUT2D eigenvalue weighted by Gasteiger charge is -2.38. The lowest BCUT2D eigenvalue weighted by molar-refractivity contribution is -0.141. The molecule has 2 aromatic heterocycles. The fraction of sp³-hybridized carbons (Fsp3) is 0.316. The summed E-state index contributed by atoms with van der Waals surface area (Å²) in [6, 6.07) is 4.16. The first-order valence-electron chi connectivity index (χ1n) is 8.79. The molecule has 0 aliphatic carbocycles. The van der Waals surface area contributed by atoms with Crippen LogP contribution in [0.4, 0.5) is 4.39 Å². The monoisotopic (exact) mass is 419 g/mol. The molecular formula is C19H19ClFN5O3. The molecule has 3 rings (SSSR count). The summed E-state index contributed by atoms with van der Waals surface area (Å²) in [7, 11) is 1.50. The van der Waals surface area contributed by atoms with Gasteiger partial charge in [-0.3, -0.25) is 9.59 Å². The number of halogens is 2. The van der Waals surface area contributed by atoms with Gasteiger partial charge in [0.1, 0.15) is 30.0 Å². The number of hydrogen-bond acceptors (Lipinski definition) is 6. The number of amides is 2. The molecule has 0 spiro atoms. The molecule has 1 fully saturated rings. The molecule has 0 aromatic carbocycles. The topological polar surface area (TPSA) is 97.3 Å². The molecular weight excluding hydrogens is 401 g/mol. The Morgan fingerprint density at radius 3 is 2.86 bits per heavy atom. The van der Waals surface area contributed by atoms with Crippen LogP contribution in [0.1, 0.15) is 22.2 Å². The van der Waals surface area contributed by atoms with E-state index in [9.17, 15) is 14.0 Å². The molecule has 0 radical (unpaired) electrons. The van der Waals surface area contributed by atoms with Crippen molar-refractivity contribution >= 4 is 23.4 Å². The third-order valence-electron chi connectivity index (χ3n) is 4.51. The second-order valence-electron chi connectivity index (χ2n) is 6.30. The van der Waals surface area contributed by atoms with E-state index in [4.69, 9.17) is 16.3 Å². The van der Waals surface area contributed by atoms with Crippen molar-refractivity contribution in [3.05, 3.63) is 53.6 Å². The minimum absolute atomic E-state index is 0.0460. The van der Waals surface area contributed by atoms with Crippen LogP contribution in [-0.4, -0.2) is 64.6 Å². The van der Waals surface area contributed by atoms with Crippen molar-refractivity contribution < 1.29 is 18.7 Å². The molecule has 2 aromatic rings. The Balaban J connectivity index is 1.92. The molecule has 1 saturated heterocycles. The normalized spacial score (nSPS) is 18.9. The third kappa shape index (κ3) is 4.57. The van der Waals surface area contributed by atoms with Gasteiger partial charge in [0.05, 0.1) is 30.6 Å². The summed E-state index contributed by atoms with van der Waals surface area (Å²) in [5.74, 6) is -0.727. The quantitative estimate of drug-likeness (QED) is 0.588. The second-order valence-corrected chi connectivity index (χ2v) is 6.69. The fourth-order valence-corrected chi connectivity index (χ4v) is 3.21. The molecule has 29 heavy (non-hydrogen) atoms. The first-order valence-corrected chi connectivity index (χ1v) is 9.17. The number of pyridine rings is 1. The van der Waals surface area contributed by atoms with E-state index in [-0.39, 0.29) is 35.8 Å². The molecule has 3 heterocycles. The van der Waals surface area contributed by atoms with E-state index in [2.05, 4.69) is 26.8 Å². The zero-order chi connectivity index (χ0) is 21.0. The standard InChI is InChI=1S/C19H19ClFN5O3/c1-3-18(27)26-8-16(29-9-12(26)7-21)11-4-14(25-17(20)5-11)13-6-15(19(28)22-2)24-10-23-13/h3-6,10,12,16H,1,7-9H2,2H3,(H,22,28)/t12-,16-/m0/s1. The molecule has 8 nitrogen and oxygen atoms in total. The number of carbonyl (C=O) groups is 2. The van der Waals surface area contributed by atoms with Crippen molar-refractivity contribution in [2.45, 2.75) is 12.1 Å². The van der Waals surface area contributed by atoms with E-state index in [1.165, 1.54) is 24.3 Å². The van der Waals surface area contributed by atoms with Crippen molar-refractivity contribution in [2.75, 3.05) is 26.9 Å². The summed E-state index contributed by atoms with van der Waals surface area (Å²) in [4.78, 5) is 37.6. The largest absolute Gasteiger partial charge is 0.369 e. The number of aromatic nitrogens is 3. The third-order valence-corrected chi connectivity index (χ3v) is 4.70. The minimum Gasteiger partial charge on any atom is -0.369 e. The number of rotatable bonds is 5. The number of morpholine rings is 1. The van der Waals surface area contributed by atoms with Gasteiger partial charge in [0, 0.05) is 7.05 Å². The molecule has 0 saturated carbocycles. The van der Waals surface area contributed by atoms with Gasteiger partial charge in [-0.2, -0.15) is 0 Å². The molecule has 0 bridgehead atoms. The predicted molar refractivity (Wildman–Crippen MR) is 104 cm³/mol. The second kappa shape index (κ2) is 9.06. The van der Waals surface area contributed by atoms with Crippen molar-refractivity contribution in [1.82, 2.24) is 25.2 Å². The Bertz CT molecular complexity index is 942. The van der Waals surface area contributed by atoms with E-state index in [0.717, 1.165) is 6.08 Å². The van der Waals surface area contributed by atoms with Gasteiger partial charge >= 0.3 is 0 Å². The molecule has 2 atom stereocenters. The van der Waals surface area contributed by atoms with Crippen LogP contribution in [0.3, 0.4) is 0 Å². The molecule has 1 N–H and O–H groups in total. The number of hydrogen-bond donors (Lipinski definition) is 1. The van der Waals surface area contributed by atoms with E-state index in [1.54, 1.807) is 12.1 Å². The Morgan fingerprint density at radius 1 is 1.38 bits per heavy atom. The van der Waals surface area contributed by atoms with Crippen LogP contribution in [0.5, 0.6) is 0 Å². The number of carbonyl (C=O) groups excluding carboxylic acids is 2. The van der Waals surface area contributed by atoms with Crippen LogP contribution < -0.4 is 5.32 Å². The average molecular weight is 420 g/mol. The van der Waals surface area contributed by atoms with Gasteiger partial charge in [-0.1, -0.05) is 18.2 Å². The lowest BCUT2D eigenvalue weighted by Crippen LogP contribution is -2.50. The van der Waals surface area contributed by atoms with Gasteiger partial charge in [0.25, 0.3) is 5.91 Å². The van der Waals surface area contributed by atoms with Gasteiger partial charge < -0.3 is 15.0 Å². The van der Waals surface area contributed by atoms with Crippen molar-refractivity contribution in [1.29, 1.82) is 0 Å². The van der Waals surface area contributed by atoms with Crippen molar-refractivity contribution in [2.24, 2.45) is 0 Å². The van der Waals surface area contributed by atoms with Crippen LogP contribution in [0.25, 0.3) is 11.4 Å². The molecule has 152 valence electrons. The molecule has 0 unspecified atom stereocenters. The molecule has 1 aliphatic rings. The summed E-state index contributed by atoms with van der Waals surface area (Å²) in [5, 5.41) is 2.68. The maximum Gasteiger partial charge on any atom is 0.269 e. The highest BCUT2D eigenvalue weighted by Gasteiger charge is 2.32. The summed E-state index contributed by atoms with van der Waals surface area (Å²) in [6.07, 6.45) is 1.88. The SMILES string of the molecule is C=CC(=O)N1C[C@@H](c2cc(Cl)nc(-c3cc(C(=O)NC)ncn3)c2)OC[C@@H]1CF. The highest BCUT2D eigenvalue weighted by Crippen LogP contribution is 2.29. The number of ether oxygens (including phenoxy) is 1. The van der Waals surface area contributed by atoms with Gasteiger partial charge in [-0.05, 0) is 29.8 Å². The minimum atomic E-state index is -0.710. The van der Waals surface area contributed by atoms with Crippen LogP contribution in [-0.2, 0) is 9.53 Å². The molecule has 10 heteroatoms. The average Bonchev–Trinajstić information content (AvgIpc) is 2.77. The first-order chi connectivity index (χ1) is 14.0. The van der Waals surface area contributed by atoms with Gasteiger partial charge in [-0.15, -0.1) is 0 Å². The Morgan fingerprint density at radius 2 is 2.17 bits per heavy atom. The zero-order valence-electron chi connectivity index (χ0n) is 15.6. The fourth-order valence-electron chi connectivity index (χ4n) is 3.00. The van der Waals surface area contributed by atoms with Crippen LogP contribution >= 0.6 is 11.6 Å². The van der Waals surface area contributed by atoms with Crippen LogP contribution in [0.15, 0.2) is 37.2 Å². The van der Waals surface area contributed by atoms with Crippen molar-refractivity contribution in [3.8, 4) is 11.4 Å². The lowest BCUT2D eigenvalue weighted by atomic mass is 10.0. The van der Waals surface area contributed by atoms with Gasteiger partial charge in [-0.25, -0.2) is 19.3 Å². The summed E-state index contributed by atoms with van der Waals surface area (Å²) < 4.78 is 19.0. The van der Waals surface area contributed by atoms with Crippen LogP contribution in [0, 0.1) is 0 Å². The summed E-state index contributed by atoms with van der Waals surface area (Å²) in [5.41, 5.74) is 1.65. The van der Waals surface area contributed by atoms with Gasteiger partial charge in [0.2, 0.25) is 5.91 Å². The molecule has 1 aliphatic heterocycles. The van der Waals surface area contributed by atoms with E-state index < -0.39 is 18.8 Å². The summed E-state index contributed by atoms with van der Waals surface area (Å²) >= 11 is 6.18. The number of nitrogens with one attached hydrogen (secondary N) is 1. The molecule has 2 amide bonds. The maximum absolute atomic E-state index is 13.3.